The zero-order valence-electron chi connectivity index (χ0n) is 9.54. The largest absolute Gasteiger partial charge is 0.389 e. The van der Waals surface area contributed by atoms with Gasteiger partial charge in [0.05, 0.1) is 5.60 Å². The van der Waals surface area contributed by atoms with Crippen LogP contribution >= 0.6 is 11.6 Å². The lowest BCUT2D eigenvalue weighted by molar-refractivity contribution is 0.0597. The predicted molar refractivity (Wildman–Crippen MR) is 66.8 cm³/mol. The lowest BCUT2D eigenvalue weighted by Gasteiger charge is -2.24. The zero-order valence-corrected chi connectivity index (χ0v) is 10.3. The van der Waals surface area contributed by atoms with Crippen molar-refractivity contribution in [3.8, 4) is 0 Å². The standard InChI is InChI=1S/C13H18ClNO/c1-13(16,9-15-12-5-6-12)8-10-3-2-4-11(14)7-10/h2-4,7,12,15-16H,5-6,8-9H2,1H3. The van der Waals surface area contributed by atoms with E-state index in [1.165, 1.54) is 12.8 Å². The molecule has 0 spiro atoms. The minimum atomic E-state index is -0.701. The van der Waals surface area contributed by atoms with E-state index in [9.17, 15) is 5.11 Å². The van der Waals surface area contributed by atoms with Gasteiger partial charge in [0, 0.05) is 24.0 Å². The molecule has 0 heterocycles. The van der Waals surface area contributed by atoms with E-state index in [4.69, 9.17) is 11.6 Å². The van der Waals surface area contributed by atoms with Crippen LogP contribution in [0.15, 0.2) is 24.3 Å². The first-order valence-electron chi connectivity index (χ1n) is 5.75. The first-order chi connectivity index (χ1) is 7.55. The topological polar surface area (TPSA) is 32.3 Å². The molecule has 3 heteroatoms. The summed E-state index contributed by atoms with van der Waals surface area (Å²) in [7, 11) is 0. The number of rotatable bonds is 5. The van der Waals surface area contributed by atoms with Gasteiger partial charge in [0.2, 0.25) is 0 Å². The molecule has 0 aromatic heterocycles. The van der Waals surface area contributed by atoms with Gasteiger partial charge in [-0.25, -0.2) is 0 Å². The Kier molecular flexibility index (Phi) is 3.53. The van der Waals surface area contributed by atoms with Crippen LogP contribution in [-0.4, -0.2) is 23.3 Å². The van der Waals surface area contributed by atoms with Crippen LogP contribution in [0.2, 0.25) is 5.02 Å². The highest BCUT2D eigenvalue weighted by molar-refractivity contribution is 6.30. The zero-order chi connectivity index (χ0) is 11.6. The van der Waals surface area contributed by atoms with Crippen molar-refractivity contribution < 1.29 is 5.11 Å². The van der Waals surface area contributed by atoms with E-state index in [1.54, 1.807) is 0 Å². The Morgan fingerprint density at radius 2 is 2.25 bits per heavy atom. The van der Waals surface area contributed by atoms with E-state index in [2.05, 4.69) is 5.32 Å². The molecule has 1 aromatic rings. The minimum Gasteiger partial charge on any atom is -0.389 e. The maximum atomic E-state index is 10.2. The van der Waals surface area contributed by atoms with Crippen molar-refractivity contribution in [3.05, 3.63) is 34.9 Å². The molecule has 16 heavy (non-hydrogen) atoms. The summed E-state index contributed by atoms with van der Waals surface area (Å²) in [6.07, 6.45) is 3.12. The van der Waals surface area contributed by atoms with Gasteiger partial charge in [0.25, 0.3) is 0 Å². The van der Waals surface area contributed by atoms with E-state index in [1.807, 2.05) is 31.2 Å². The van der Waals surface area contributed by atoms with Gasteiger partial charge >= 0.3 is 0 Å². The highest BCUT2D eigenvalue weighted by Crippen LogP contribution is 2.21. The Morgan fingerprint density at radius 1 is 1.50 bits per heavy atom. The first-order valence-corrected chi connectivity index (χ1v) is 6.13. The van der Waals surface area contributed by atoms with Crippen molar-refractivity contribution in [2.24, 2.45) is 0 Å². The number of hydrogen-bond donors (Lipinski definition) is 2. The molecule has 1 unspecified atom stereocenters. The van der Waals surface area contributed by atoms with Crippen molar-refractivity contribution >= 4 is 11.6 Å². The van der Waals surface area contributed by atoms with Crippen LogP contribution in [0.3, 0.4) is 0 Å². The average molecular weight is 240 g/mol. The fraction of sp³-hybridized carbons (Fsp3) is 0.538. The van der Waals surface area contributed by atoms with Gasteiger partial charge < -0.3 is 10.4 Å². The molecule has 88 valence electrons. The van der Waals surface area contributed by atoms with Crippen LogP contribution in [0.1, 0.15) is 25.3 Å². The second-order valence-electron chi connectivity index (χ2n) is 4.96. The summed E-state index contributed by atoms with van der Waals surface area (Å²) < 4.78 is 0. The smallest absolute Gasteiger partial charge is 0.0783 e. The normalized spacial score (nSPS) is 19.4. The molecule has 2 rings (SSSR count). The lowest BCUT2D eigenvalue weighted by atomic mass is 9.96. The third kappa shape index (κ3) is 3.78. The van der Waals surface area contributed by atoms with Crippen LogP contribution in [-0.2, 0) is 6.42 Å². The Labute approximate surface area is 102 Å². The molecule has 0 radical (unpaired) electrons. The third-order valence-electron chi connectivity index (χ3n) is 2.82. The minimum absolute atomic E-state index is 0.630. The van der Waals surface area contributed by atoms with Gasteiger partial charge in [-0.15, -0.1) is 0 Å². The number of hydrogen-bond acceptors (Lipinski definition) is 2. The van der Waals surface area contributed by atoms with Gasteiger partial charge in [0.15, 0.2) is 0 Å². The van der Waals surface area contributed by atoms with Crippen LogP contribution in [0.5, 0.6) is 0 Å². The van der Waals surface area contributed by atoms with Crippen LogP contribution < -0.4 is 5.32 Å². The first kappa shape index (κ1) is 11.9. The molecule has 1 aliphatic carbocycles. The molecule has 0 bridgehead atoms. The Bertz CT molecular complexity index is 361. The lowest BCUT2D eigenvalue weighted by Crippen LogP contribution is -2.40. The number of halogens is 1. The molecular weight excluding hydrogens is 222 g/mol. The third-order valence-corrected chi connectivity index (χ3v) is 3.06. The molecular formula is C13H18ClNO. The van der Waals surface area contributed by atoms with Gasteiger partial charge in [-0.3, -0.25) is 0 Å². The van der Waals surface area contributed by atoms with E-state index < -0.39 is 5.60 Å². The highest BCUT2D eigenvalue weighted by atomic mass is 35.5. The summed E-state index contributed by atoms with van der Waals surface area (Å²) in [5.41, 5.74) is 0.378. The molecule has 2 N–H and O–H groups in total. The molecule has 1 fully saturated rings. The summed E-state index contributed by atoms with van der Waals surface area (Å²) in [6.45, 7) is 2.51. The van der Waals surface area contributed by atoms with E-state index in [-0.39, 0.29) is 0 Å². The summed E-state index contributed by atoms with van der Waals surface area (Å²) >= 11 is 5.91. The van der Waals surface area contributed by atoms with Gasteiger partial charge in [-0.2, -0.15) is 0 Å². The monoisotopic (exact) mass is 239 g/mol. The van der Waals surface area contributed by atoms with Crippen molar-refractivity contribution in [1.29, 1.82) is 0 Å². The van der Waals surface area contributed by atoms with Crippen molar-refractivity contribution in [2.45, 2.75) is 37.8 Å². The van der Waals surface area contributed by atoms with Gasteiger partial charge in [0.1, 0.15) is 0 Å². The van der Waals surface area contributed by atoms with Crippen molar-refractivity contribution in [1.82, 2.24) is 5.32 Å². The molecule has 1 saturated carbocycles. The quantitative estimate of drug-likeness (QED) is 0.827. The molecule has 0 amide bonds. The van der Waals surface area contributed by atoms with E-state index >= 15 is 0 Å². The Morgan fingerprint density at radius 3 is 2.88 bits per heavy atom. The van der Waals surface area contributed by atoms with Gasteiger partial charge in [-0.05, 0) is 37.5 Å². The summed E-state index contributed by atoms with van der Waals surface area (Å²) in [6, 6.07) is 8.31. The van der Waals surface area contributed by atoms with Crippen LogP contribution in [0.4, 0.5) is 0 Å². The highest BCUT2D eigenvalue weighted by Gasteiger charge is 2.26. The number of aliphatic hydroxyl groups is 1. The summed E-state index contributed by atoms with van der Waals surface area (Å²) in [5, 5.41) is 14.3. The molecule has 0 saturated heterocycles. The second kappa shape index (κ2) is 4.74. The Balaban J connectivity index is 1.90. The Hall–Kier alpha value is -0.570. The molecule has 1 aromatic carbocycles. The van der Waals surface area contributed by atoms with Gasteiger partial charge in [-0.1, -0.05) is 23.7 Å². The van der Waals surface area contributed by atoms with E-state index in [0.29, 0.717) is 19.0 Å². The molecule has 2 nitrogen and oxygen atoms in total. The summed E-state index contributed by atoms with van der Waals surface area (Å²) in [4.78, 5) is 0. The maximum Gasteiger partial charge on any atom is 0.0783 e. The van der Waals surface area contributed by atoms with Crippen molar-refractivity contribution in [2.75, 3.05) is 6.54 Å². The average Bonchev–Trinajstić information content (AvgIpc) is 2.97. The SMILES string of the molecule is CC(O)(CNC1CC1)Cc1cccc(Cl)c1. The predicted octanol–water partition coefficient (Wildman–Crippen LogP) is 2.39. The second-order valence-corrected chi connectivity index (χ2v) is 5.40. The fourth-order valence-electron chi connectivity index (χ4n) is 1.80. The number of nitrogens with one attached hydrogen (secondary N) is 1. The molecule has 1 aliphatic rings. The van der Waals surface area contributed by atoms with Crippen LogP contribution in [0, 0.1) is 0 Å². The number of benzene rings is 1. The molecule has 1 atom stereocenters. The van der Waals surface area contributed by atoms with E-state index in [0.717, 1.165) is 10.6 Å². The summed E-state index contributed by atoms with van der Waals surface area (Å²) in [5.74, 6) is 0. The van der Waals surface area contributed by atoms with Crippen LogP contribution in [0.25, 0.3) is 0 Å². The van der Waals surface area contributed by atoms with Crippen molar-refractivity contribution in [3.63, 3.8) is 0 Å². The molecule has 0 aliphatic heterocycles. The fourth-order valence-corrected chi connectivity index (χ4v) is 2.01. The maximum absolute atomic E-state index is 10.2.